The highest BCUT2D eigenvalue weighted by atomic mass is 32.2. The standard InChI is InChI=1S/C11H18OS/c1-3-4-5-7-10(12)11(2)8-6-9-13-11/h10,12H,5-9H2,1-2H3. The van der Waals surface area contributed by atoms with Gasteiger partial charge in [-0.25, -0.2) is 0 Å². The predicted octanol–water partition coefficient (Wildman–Crippen LogP) is 2.44. The average molecular weight is 198 g/mol. The van der Waals surface area contributed by atoms with E-state index < -0.39 is 0 Å². The van der Waals surface area contributed by atoms with Crippen molar-refractivity contribution in [1.82, 2.24) is 0 Å². The van der Waals surface area contributed by atoms with Crippen molar-refractivity contribution < 1.29 is 5.11 Å². The maximum absolute atomic E-state index is 9.95. The van der Waals surface area contributed by atoms with Crippen molar-refractivity contribution in [3.63, 3.8) is 0 Å². The summed E-state index contributed by atoms with van der Waals surface area (Å²) in [5, 5.41) is 9.95. The first-order valence-electron chi connectivity index (χ1n) is 4.91. The van der Waals surface area contributed by atoms with Crippen LogP contribution in [0.25, 0.3) is 0 Å². The van der Waals surface area contributed by atoms with Crippen LogP contribution in [0.15, 0.2) is 0 Å². The highest BCUT2D eigenvalue weighted by Crippen LogP contribution is 2.41. The molecule has 74 valence electrons. The van der Waals surface area contributed by atoms with Gasteiger partial charge in [0, 0.05) is 11.2 Å². The summed E-state index contributed by atoms with van der Waals surface area (Å²) in [7, 11) is 0. The molecular formula is C11H18OS. The zero-order chi connectivity index (χ0) is 9.73. The SMILES string of the molecule is CC#CCCC(O)C1(C)CCCS1. The van der Waals surface area contributed by atoms with E-state index in [4.69, 9.17) is 0 Å². The first-order chi connectivity index (χ1) is 6.19. The molecule has 0 aromatic carbocycles. The Morgan fingerprint density at radius 2 is 2.38 bits per heavy atom. The lowest BCUT2D eigenvalue weighted by Gasteiger charge is -2.28. The molecule has 0 radical (unpaired) electrons. The van der Waals surface area contributed by atoms with E-state index in [1.165, 1.54) is 12.2 Å². The Bertz CT molecular complexity index is 208. The summed E-state index contributed by atoms with van der Waals surface area (Å²) in [6, 6.07) is 0. The van der Waals surface area contributed by atoms with Gasteiger partial charge < -0.3 is 5.11 Å². The molecule has 2 unspecified atom stereocenters. The fraction of sp³-hybridized carbons (Fsp3) is 0.818. The average Bonchev–Trinajstić information content (AvgIpc) is 2.54. The normalized spacial score (nSPS) is 29.5. The van der Waals surface area contributed by atoms with Gasteiger partial charge in [-0.3, -0.25) is 0 Å². The Labute approximate surface area is 85.3 Å². The summed E-state index contributed by atoms with van der Waals surface area (Å²) >= 11 is 1.91. The van der Waals surface area contributed by atoms with Crippen molar-refractivity contribution in [3.05, 3.63) is 0 Å². The lowest BCUT2D eigenvalue weighted by Crippen LogP contribution is -2.33. The molecule has 1 fully saturated rings. The highest BCUT2D eigenvalue weighted by molar-refractivity contribution is 8.00. The van der Waals surface area contributed by atoms with E-state index >= 15 is 0 Å². The van der Waals surface area contributed by atoms with Gasteiger partial charge >= 0.3 is 0 Å². The van der Waals surface area contributed by atoms with Crippen molar-refractivity contribution in [2.45, 2.75) is 50.4 Å². The molecule has 0 spiro atoms. The summed E-state index contributed by atoms with van der Waals surface area (Å²) < 4.78 is 0.107. The van der Waals surface area contributed by atoms with Gasteiger partial charge in [-0.15, -0.1) is 11.8 Å². The number of rotatable bonds is 3. The van der Waals surface area contributed by atoms with Crippen LogP contribution in [0.3, 0.4) is 0 Å². The van der Waals surface area contributed by atoms with Crippen LogP contribution < -0.4 is 0 Å². The second-order valence-corrected chi connectivity index (χ2v) is 5.38. The first-order valence-corrected chi connectivity index (χ1v) is 5.89. The minimum Gasteiger partial charge on any atom is -0.392 e. The summed E-state index contributed by atoms with van der Waals surface area (Å²) in [4.78, 5) is 0. The van der Waals surface area contributed by atoms with Gasteiger partial charge in [0.2, 0.25) is 0 Å². The van der Waals surface area contributed by atoms with Gasteiger partial charge in [0.1, 0.15) is 0 Å². The Morgan fingerprint density at radius 3 is 2.92 bits per heavy atom. The molecule has 1 aliphatic rings. The molecule has 0 bridgehead atoms. The summed E-state index contributed by atoms with van der Waals surface area (Å²) in [6.45, 7) is 4.02. The summed E-state index contributed by atoms with van der Waals surface area (Å²) in [6.07, 6.45) is 3.87. The minimum absolute atomic E-state index is 0.107. The van der Waals surface area contributed by atoms with Crippen LogP contribution in [0.5, 0.6) is 0 Å². The second kappa shape index (κ2) is 4.93. The van der Waals surface area contributed by atoms with E-state index in [1.54, 1.807) is 0 Å². The second-order valence-electron chi connectivity index (χ2n) is 3.75. The fourth-order valence-electron chi connectivity index (χ4n) is 1.70. The van der Waals surface area contributed by atoms with E-state index in [1.807, 2.05) is 18.7 Å². The molecule has 2 atom stereocenters. The van der Waals surface area contributed by atoms with E-state index in [0.29, 0.717) is 0 Å². The van der Waals surface area contributed by atoms with Gasteiger partial charge in [0.25, 0.3) is 0 Å². The molecule has 13 heavy (non-hydrogen) atoms. The lowest BCUT2D eigenvalue weighted by molar-refractivity contribution is 0.126. The molecule has 0 aromatic heterocycles. The van der Waals surface area contributed by atoms with E-state index in [9.17, 15) is 5.11 Å². The Hall–Kier alpha value is -0.130. The Balaban J connectivity index is 2.35. The molecule has 1 nitrogen and oxygen atoms in total. The summed E-state index contributed by atoms with van der Waals surface area (Å²) in [5.74, 6) is 7.06. The van der Waals surface area contributed by atoms with Gasteiger partial charge in [-0.05, 0) is 38.9 Å². The monoisotopic (exact) mass is 198 g/mol. The van der Waals surface area contributed by atoms with Gasteiger partial charge in [-0.2, -0.15) is 11.8 Å². The third-order valence-electron chi connectivity index (χ3n) is 2.67. The van der Waals surface area contributed by atoms with Crippen molar-refractivity contribution in [3.8, 4) is 11.8 Å². The van der Waals surface area contributed by atoms with E-state index in [-0.39, 0.29) is 10.9 Å². The molecule has 0 saturated carbocycles. The molecule has 1 heterocycles. The number of hydrogen-bond acceptors (Lipinski definition) is 2. The van der Waals surface area contributed by atoms with Gasteiger partial charge in [0.15, 0.2) is 0 Å². The van der Waals surface area contributed by atoms with Crippen LogP contribution in [0.1, 0.15) is 39.5 Å². The molecule has 0 aromatic rings. The van der Waals surface area contributed by atoms with Crippen LogP contribution in [0.4, 0.5) is 0 Å². The minimum atomic E-state index is -0.180. The van der Waals surface area contributed by atoms with Crippen molar-refractivity contribution in [2.75, 3.05) is 5.75 Å². The van der Waals surface area contributed by atoms with Crippen LogP contribution >= 0.6 is 11.8 Å². The van der Waals surface area contributed by atoms with Crippen LogP contribution in [0, 0.1) is 11.8 Å². The lowest BCUT2D eigenvalue weighted by atomic mass is 9.95. The number of aliphatic hydroxyl groups is 1. The molecule has 1 rings (SSSR count). The molecular weight excluding hydrogens is 180 g/mol. The van der Waals surface area contributed by atoms with Crippen LogP contribution in [-0.2, 0) is 0 Å². The number of hydrogen-bond donors (Lipinski definition) is 1. The number of aliphatic hydroxyl groups excluding tert-OH is 1. The van der Waals surface area contributed by atoms with Crippen molar-refractivity contribution in [2.24, 2.45) is 0 Å². The highest BCUT2D eigenvalue weighted by Gasteiger charge is 2.36. The third kappa shape index (κ3) is 2.93. The van der Waals surface area contributed by atoms with Crippen molar-refractivity contribution in [1.29, 1.82) is 0 Å². The molecule has 2 heteroatoms. The van der Waals surface area contributed by atoms with Crippen molar-refractivity contribution >= 4 is 11.8 Å². The quantitative estimate of drug-likeness (QED) is 0.703. The van der Waals surface area contributed by atoms with Gasteiger partial charge in [-0.1, -0.05) is 0 Å². The molecule has 0 aliphatic carbocycles. The first kappa shape index (κ1) is 10.9. The fourth-order valence-corrected chi connectivity index (χ4v) is 3.06. The molecule has 0 amide bonds. The zero-order valence-corrected chi connectivity index (χ0v) is 9.28. The smallest absolute Gasteiger partial charge is 0.0693 e. The van der Waals surface area contributed by atoms with Gasteiger partial charge in [0.05, 0.1) is 6.10 Å². The number of thioether (sulfide) groups is 1. The Morgan fingerprint density at radius 1 is 1.62 bits per heavy atom. The zero-order valence-electron chi connectivity index (χ0n) is 8.47. The van der Waals surface area contributed by atoms with Crippen LogP contribution in [0.2, 0.25) is 0 Å². The largest absolute Gasteiger partial charge is 0.392 e. The summed E-state index contributed by atoms with van der Waals surface area (Å²) in [5.41, 5.74) is 0. The maximum Gasteiger partial charge on any atom is 0.0693 e. The third-order valence-corrected chi connectivity index (χ3v) is 4.30. The van der Waals surface area contributed by atoms with E-state index in [0.717, 1.165) is 19.3 Å². The van der Waals surface area contributed by atoms with E-state index in [2.05, 4.69) is 18.8 Å². The topological polar surface area (TPSA) is 20.2 Å². The molecule has 1 saturated heterocycles. The molecule has 1 N–H and O–H groups in total. The predicted molar refractivity (Wildman–Crippen MR) is 58.8 cm³/mol. The van der Waals surface area contributed by atoms with Crippen LogP contribution in [-0.4, -0.2) is 21.7 Å². The maximum atomic E-state index is 9.95. The Kier molecular flexibility index (Phi) is 4.15. The molecule has 1 aliphatic heterocycles.